The molecule has 0 spiro atoms. The lowest BCUT2D eigenvalue weighted by Crippen LogP contribution is -2.35. The van der Waals surface area contributed by atoms with Gasteiger partial charge in [-0.2, -0.15) is 0 Å². The van der Waals surface area contributed by atoms with Crippen molar-refractivity contribution in [3.8, 4) is 0 Å². The van der Waals surface area contributed by atoms with E-state index in [1.165, 1.54) is 18.4 Å². The molecule has 0 aromatic heterocycles. The van der Waals surface area contributed by atoms with Crippen LogP contribution in [0.3, 0.4) is 0 Å². The van der Waals surface area contributed by atoms with Gasteiger partial charge in [0.15, 0.2) is 5.78 Å². The highest BCUT2D eigenvalue weighted by Crippen LogP contribution is 2.10. The van der Waals surface area contributed by atoms with Crippen molar-refractivity contribution in [1.82, 2.24) is 4.90 Å². The zero-order chi connectivity index (χ0) is 15.0. The molecule has 0 aliphatic rings. The first-order valence-corrected chi connectivity index (χ1v) is 7.92. The van der Waals surface area contributed by atoms with Crippen LogP contribution in [0.2, 0.25) is 0 Å². The smallest absolute Gasteiger partial charge is 0.164 e. The van der Waals surface area contributed by atoms with E-state index < -0.39 is 0 Å². The molecule has 1 rings (SSSR count). The molecule has 2 heteroatoms. The van der Waals surface area contributed by atoms with Crippen molar-refractivity contribution in [1.29, 1.82) is 0 Å². The predicted molar refractivity (Wildman–Crippen MR) is 86.4 cm³/mol. The molecule has 1 aromatic carbocycles. The molecule has 1 atom stereocenters. The molecule has 0 saturated heterocycles. The van der Waals surface area contributed by atoms with Gasteiger partial charge in [-0.25, -0.2) is 0 Å². The van der Waals surface area contributed by atoms with E-state index >= 15 is 0 Å². The molecule has 0 bridgehead atoms. The second kappa shape index (κ2) is 8.91. The first-order valence-electron chi connectivity index (χ1n) is 7.92. The van der Waals surface area contributed by atoms with Crippen LogP contribution in [0.1, 0.15) is 62.4 Å². The van der Waals surface area contributed by atoms with Crippen molar-refractivity contribution in [2.75, 3.05) is 13.1 Å². The van der Waals surface area contributed by atoms with Gasteiger partial charge in [-0.15, -0.1) is 0 Å². The normalized spacial score (nSPS) is 12.7. The van der Waals surface area contributed by atoms with Crippen molar-refractivity contribution >= 4 is 5.78 Å². The topological polar surface area (TPSA) is 20.3 Å². The third-order valence-electron chi connectivity index (χ3n) is 4.01. The summed E-state index contributed by atoms with van der Waals surface area (Å²) >= 11 is 0. The van der Waals surface area contributed by atoms with Crippen molar-refractivity contribution < 1.29 is 4.79 Å². The SMILES string of the molecule is CCCCN(CCC(=O)c1ccc(C)cc1)C(C)CC. The third-order valence-corrected chi connectivity index (χ3v) is 4.01. The average molecular weight is 275 g/mol. The number of hydrogen-bond donors (Lipinski definition) is 0. The number of hydrogen-bond acceptors (Lipinski definition) is 2. The summed E-state index contributed by atoms with van der Waals surface area (Å²) in [5, 5.41) is 0. The minimum atomic E-state index is 0.259. The number of rotatable bonds is 9. The van der Waals surface area contributed by atoms with E-state index in [0.29, 0.717) is 12.5 Å². The Morgan fingerprint density at radius 2 is 1.80 bits per heavy atom. The summed E-state index contributed by atoms with van der Waals surface area (Å²) in [5.41, 5.74) is 2.04. The van der Waals surface area contributed by atoms with Crippen LogP contribution in [0.25, 0.3) is 0 Å². The van der Waals surface area contributed by atoms with Crippen molar-refractivity contribution in [2.45, 2.75) is 59.4 Å². The summed E-state index contributed by atoms with van der Waals surface area (Å²) in [6.45, 7) is 10.7. The molecule has 1 aromatic rings. The molecule has 0 N–H and O–H groups in total. The molecule has 2 nitrogen and oxygen atoms in total. The Kier molecular flexibility index (Phi) is 7.53. The maximum absolute atomic E-state index is 12.2. The summed E-state index contributed by atoms with van der Waals surface area (Å²) in [7, 11) is 0. The number of Topliss-reactive ketones (excluding diaryl/α,β-unsaturated/α-hetero) is 1. The zero-order valence-corrected chi connectivity index (χ0v) is 13.5. The van der Waals surface area contributed by atoms with Crippen LogP contribution < -0.4 is 0 Å². The Bertz CT molecular complexity index is 396. The Labute approximate surface area is 124 Å². The Hall–Kier alpha value is -1.15. The number of benzene rings is 1. The van der Waals surface area contributed by atoms with Gasteiger partial charge >= 0.3 is 0 Å². The molecular formula is C18H29NO. The van der Waals surface area contributed by atoms with Gasteiger partial charge in [0, 0.05) is 24.6 Å². The van der Waals surface area contributed by atoms with Crippen molar-refractivity contribution in [2.24, 2.45) is 0 Å². The maximum Gasteiger partial charge on any atom is 0.164 e. The van der Waals surface area contributed by atoms with E-state index in [1.54, 1.807) is 0 Å². The van der Waals surface area contributed by atoms with Crippen LogP contribution in [0, 0.1) is 6.92 Å². The minimum absolute atomic E-state index is 0.259. The number of ketones is 1. The van der Waals surface area contributed by atoms with Crippen LogP contribution in [0.15, 0.2) is 24.3 Å². The second-order valence-corrected chi connectivity index (χ2v) is 5.69. The van der Waals surface area contributed by atoms with Crippen molar-refractivity contribution in [3.63, 3.8) is 0 Å². The lowest BCUT2D eigenvalue weighted by molar-refractivity contribution is 0.0951. The number of unbranched alkanes of at least 4 members (excludes halogenated alkanes) is 1. The third kappa shape index (κ3) is 5.46. The second-order valence-electron chi connectivity index (χ2n) is 5.69. The van der Waals surface area contributed by atoms with Gasteiger partial charge in [-0.1, -0.05) is 50.1 Å². The van der Waals surface area contributed by atoms with Gasteiger partial charge in [0.25, 0.3) is 0 Å². The van der Waals surface area contributed by atoms with E-state index in [9.17, 15) is 4.79 Å². The summed E-state index contributed by atoms with van der Waals surface area (Å²) in [5.74, 6) is 0.259. The lowest BCUT2D eigenvalue weighted by Gasteiger charge is -2.28. The highest BCUT2D eigenvalue weighted by Gasteiger charge is 2.14. The Morgan fingerprint density at radius 3 is 2.35 bits per heavy atom. The molecule has 20 heavy (non-hydrogen) atoms. The van der Waals surface area contributed by atoms with Gasteiger partial charge in [0.1, 0.15) is 0 Å². The fraction of sp³-hybridized carbons (Fsp3) is 0.611. The summed E-state index contributed by atoms with van der Waals surface area (Å²) in [6, 6.07) is 8.47. The lowest BCUT2D eigenvalue weighted by atomic mass is 10.1. The number of nitrogens with zero attached hydrogens (tertiary/aromatic N) is 1. The van der Waals surface area contributed by atoms with E-state index in [-0.39, 0.29) is 5.78 Å². The monoisotopic (exact) mass is 275 g/mol. The number of carbonyl (C=O) groups excluding carboxylic acids is 1. The highest BCUT2D eigenvalue weighted by molar-refractivity contribution is 5.96. The minimum Gasteiger partial charge on any atom is -0.300 e. The first-order chi connectivity index (χ1) is 9.58. The quantitative estimate of drug-likeness (QED) is 0.620. The fourth-order valence-electron chi connectivity index (χ4n) is 2.30. The molecule has 0 heterocycles. The van der Waals surface area contributed by atoms with Gasteiger partial charge in [-0.3, -0.25) is 4.79 Å². The highest BCUT2D eigenvalue weighted by atomic mass is 16.1. The van der Waals surface area contributed by atoms with Crippen molar-refractivity contribution in [3.05, 3.63) is 35.4 Å². The van der Waals surface area contributed by atoms with Gasteiger partial charge in [0.2, 0.25) is 0 Å². The van der Waals surface area contributed by atoms with Crippen LogP contribution in [-0.4, -0.2) is 29.8 Å². The van der Waals surface area contributed by atoms with Crippen LogP contribution in [0.5, 0.6) is 0 Å². The van der Waals surface area contributed by atoms with Gasteiger partial charge < -0.3 is 4.90 Å². The standard InChI is InChI=1S/C18H29NO/c1-5-7-13-19(16(4)6-2)14-12-18(20)17-10-8-15(3)9-11-17/h8-11,16H,5-7,12-14H2,1-4H3. The molecule has 0 aliphatic carbocycles. The fourth-order valence-corrected chi connectivity index (χ4v) is 2.30. The molecule has 112 valence electrons. The van der Waals surface area contributed by atoms with Crippen LogP contribution in [0.4, 0.5) is 0 Å². The molecule has 0 amide bonds. The van der Waals surface area contributed by atoms with E-state index in [1.807, 2.05) is 31.2 Å². The largest absolute Gasteiger partial charge is 0.300 e. The van der Waals surface area contributed by atoms with Gasteiger partial charge in [0.05, 0.1) is 0 Å². The average Bonchev–Trinajstić information content (AvgIpc) is 2.47. The van der Waals surface area contributed by atoms with E-state index in [4.69, 9.17) is 0 Å². The van der Waals surface area contributed by atoms with E-state index in [0.717, 1.165) is 25.1 Å². The van der Waals surface area contributed by atoms with Crippen LogP contribution >= 0.6 is 0 Å². The molecule has 0 aliphatic heterocycles. The molecule has 0 radical (unpaired) electrons. The number of carbonyl (C=O) groups is 1. The molecular weight excluding hydrogens is 246 g/mol. The van der Waals surface area contributed by atoms with Crippen LogP contribution in [-0.2, 0) is 0 Å². The summed E-state index contributed by atoms with van der Waals surface area (Å²) in [4.78, 5) is 14.7. The predicted octanol–water partition coefficient (Wildman–Crippen LogP) is 4.47. The molecule has 1 unspecified atom stereocenters. The first kappa shape index (κ1) is 16.9. The van der Waals surface area contributed by atoms with E-state index in [2.05, 4.69) is 25.7 Å². The van der Waals surface area contributed by atoms with Gasteiger partial charge in [-0.05, 0) is 33.2 Å². The zero-order valence-electron chi connectivity index (χ0n) is 13.5. The molecule has 0 saturated carbocycles. The summed E-state index contributed by atoms with van der Waals surface area (Å²) in [6.07, 6.45) is 4.18. The Morgan fingerprint density at radius 1 is 1.15 bits per heavy atom. The maximum atomic E-state index is 12.2. The summed E-state index contributed by atoms with van der Waals surface area (Å²) < 4.78 is 0. The molecule has 0 fully saturated rings. The number of aryl methyl sites for hydroxylation is 1. The Balaban J connectivity index is 2.53.